The van der Waals surface area contributed by atoms with Crippen LogP contribution in [-0.4, -0.2) is 274 Å². The van der Waals surface area contributed by atoms with E-state index in [1.807, 2.05) is 97.9 Å². The molecule has 0 spiro atoms. The minimum Gasteiger partial charge on any atom is -0.347 e. The number of carbonyl (C=O) groups is 4. The number of carbonyl (C=O) groups excluding carboxylic acids is 4. The molecule has 30 heteroatoms. The molecule has 0 aromatic heterocycles. The van der Waals surface area contributed by atoms with Gasteiger partial charge in [0.1, 0.15) is 85.1 Å². The summed E-state index contributed by atoms with van der Waals surface area (Å²) < 4.78 is 133. The van der Waals surface area contributed by atoms with E-state index in [0.29, 0.717) is 45.3 Å². The van der Waals surface area contributed by atoms with E-state index in [2.05, 4.69) is 35.4 Å². The van der Waals surface area contributed by atoms with Crippen LogP contribution in [0.5, 0.6) is 0 Å². The number of hydrogen-bond acceptors (Lipinski definition) is 13. The quantitative estimate of drug-likeness (QED) is 0.0146. The van der Waals surface area contributed by atoms with Crippen LogP contribution < -0.4 is 26.2 Å². The highest BCUT2D eigenvalue weighted by Gasteiger charge is 2.49. The van der Waals surface area contributed by atoms with Gasteiger partial charge in [-0.1, -0.05) is 56.3 Å². The van der Waals surface area contributed by atoms with Crippen LogP contribution >= 0.6 is 0 Å². The Morgan fingerprint density at radius 1 is 0.533 bits per heavy atom. The highest BCUT2D eigenvalue weighted by Crippen LogP contribution is 2.49. The number of sulfonamides is 2. The highest BCUT2D eigenvalue weighted by molar-refractivity contribution is 7.89. The molecule has 8 heterocycles. The summed E-state index contributed by atoms with van der Waals surface area (Å²) in [6.45, 7) is 24.3. The van der Waals surface area contributed by atoms with Gasteiger partial charge in [0.15, 0.2) is 5.71 Å². The molecule has 0 unspecified atom stereocenters. The van der Waals surface area contributed by atoms with Gasteiger partial charge in [-0.2, -0.15) is 21.4 Å². The van der Waals surface area contributed by atoms with Crippen LogP contribution in [-0.2, 0) is 83.1 Å². The first-order chi connectivity index (χ1) is 49.3. The molecule has 8 aliphatic heterocycles. The minimum atomic E-state index is -4.33. The van der Waals surface area contributed by atoms with Crippen LogP contribution in [0.3, 0.4) is 0 Å². The Morgan fingerprint density at radius 3 is 1.43 bits per heavy atom. The number of piperazine rings is 6. The maximum absolute atomic E-state index is 14.2. The molecule has 4 aromatic carbocycles. The van der Waals surface area contributed by atoms with Crippen molar-refractivity contribution in [1.29, 1.82) is 0 Å². The van der Waals surface area contributed by atoms with E-state index in [-0.39, 0.29) is 99.4 Å². The molecule has 0 atom stereocenters. The molecular weight excluding hydrogens is 1420 g/mol. The Labute approximate surface area is 621 Å². The van der Waals surface area contributed by atoms with Crippen molar-refractivity contribution in [1.82, 2.24) is 19.2 Å². The maximum atomic E-state index is 14.2. The number of nitrogens with zero attached hydrogens (tertiary/aromatic N) is 8. The molecule has 4 amide bonds. The highest BCUT2D eigenvalue weighted by atomic mass is 32.2. The van der Waals surface area contributed by atoms with Crippen molar-refractivity contribution in [2.75, 3.05) is 186 Å². The summed E-state index contributed by atoms with van der Waals surface area (Å²) >= 11 is 0. The standard InChI is InChI=1S/C75H104N12O14S4/c1-74(2)64-54-62(104(98,99)80(5)34-12-18-70(88)76-56-72(90)78-60-24-20-58(21-25-60)32-38-86-46-40-84(7,41-47-86)42-48-86)28-30-66(64)82(36-14-52-102(92,93)94)68(74)16-10-9-11-17-69-75(3,4)65-55-63(29-31-67(65)83(69)37-15-53-103(95,96)97)105(100,101)81(6)35-13-19-71(89)77-57-73(91)79-61-26-22-59(23-27-61)33-39-87-49-43-85(8,44-50-87)45-51-87/h9-11,16-17,20-31,54-55H,12-15,18-19,32-53,56-57H2,1-8H3,(H-5,76,77,78,79,88,89,90,91,92,93,94,95,96,97)/p+5. The maximum Gasteiger partial charge on any atom is 0.265 e. The molecule has 0 radical (unpaired) electrons. The summed E-state index contributed by atoms with van der Waals surface area (Å²) in [5, 5.41) is 10.9. The van der Waals surface area contributed by atoms with Gasteiger partial charge < -0.3 is 44.1 Å². The largest absolute Gasteiger partial charge is 0.347 e. The number of likely N-dealkylation sites (N-methyl/N-ethyl adjacent to an activating group) is 2. The van der Waals surface area contributed by atoms with Crippen molar-refractivity contribution >= 4 is 92.4 Å². The number of anilines is 3. The number of benzene rings is 4. The molecular formula is C75H109N12O14S4+5. The SMILES string of the molecule is CN(CCCC(=O)NCC(=O)Nc1ccc(CC[N+]23CC[N+](C)(CC2)CC3)cc1)S(=O)(=O)c1ccc2c(c1)C(C)(C)C(/C=C/C=C/C=C1/N(CCCS(=O)(=O)O)c3ccc(S(=O)(=O)N(C)CCCC(=O)NCC(=O)Nc4ccc(CC[N+]56CC[N+](C)(CC5)CC6)cc4)cc3C1(C)C)=[N+]2CCCS(=O)(=O)O. The molecule has 4 bridgehead atoms. The molecule has 0 saturated carbocycles. The average Bonchev–Trinajstić information content (AvgIpc) is 1.60. The van der Waals surface area contributed by atoms with E-state index < -0.39 is 74.4 Å². The van der Waals surface area contributed by atoms with Crippen LogP contribution in [0.1, 0.15) is 88.5 Å². The summed E-state index contributed by atoms with van der Waals surface area (Å²) in [7, 11) is -9.32. The van der Waals surface area contributed by atoms with Gasteiger partial charge in [-0.15, -0.1) is 0 Å². The van der Waals surface area contributed by atoms with E-state index in [0.717, 1.165) is 25.9 Å². The zero-order valence-corrected chi connectivity index (χ0v) is 65.5. The fourth-order valence-corrected chi connectivity index (χ4v) is 19.2. The molecule has 12 rings (SSSR count). The molecule has 105 heavy (non-hydrogen) atoms. The first-order valence-corrected chi connectivity index (χ1v) is 42.7. The normalized spacial score (nSPS) is 23.0. The third-order valence-electron chi connectivity index (χ3n) is 23.0. The minimum absolute atomic E-state index is 0.00430. The van der Waals surface area contributed by atoms with Crippen LogP contribution in [0.2, 0.25) is 0 Å². The smallest absolute Gasteiger partial charge is 0.265 e. The molecule has 26 nitrogen and oxygen atoms in total. The van der Waals surface area contributed by atoms with Gasteiger partial charge in [0.2, 0.25) is 49.4 Å². The van der Waals surface area contributed by atoms with Crippen molar-refractivity contribution in [2.24, 2.45) is 0 Å². The number of allylic oxidation sites excluding steroid dienone is 6. The Kier molecular flexibility index (Phi) is 24.8. The Morgan fingerprint density at radius 2 is 0.971 bits per heavy atom. The van der Waals surface area contributed by atoms with E-state index in [1.54, 1.807) is 42.5 Å². The summed E-state index contributed by atoms with van der Waals surface area (Å²) in [4.78, 5) is 53.4. The molecule has 0 aliphatic carbocycles. The molecule has 6 N–H and O–H groups in total. The van der Waals surface area contributed by atoms with Gasteiger partial charge in [0, 0.05) is 112 Å². The summed E-state index contributed by atoms with van der Waals surface area (Å²) in [5.41, 5.74) is 5.84. The zero-order valence-electron chi connectivity index (χ0n) is 62.2. The Hall–Kier alpha value is -7.07. The van der Waals surface area contributed by atoms with Crippen LogP contribution in [0.4, 0.5) is 22.7 Å². The van der Waals surface area contributed by atoms with E-state index in [1.165, 1.54) is 142 Å². The van der Waals surface area contributed by atoms with Gasteiger partial charge in [0.05, 0.1) is 67.0 Å². The number of fused-ring (bicyclic) bond motifs is 8. The lowest BCUT2D eigenvalue weighted by atomic mass is 9.81. The molecule has 572 valence electrons. The summed E-state index contributed by atoms with van der Waals surface area (Å²) in [6.07, 6.45) is 11.2. The summed E-state index contributed by atoms with van der Waals surface area (Å²) in [6, 6.07) is 25.1. The van der Waals surface area contributed by atoms with E-state index >= 15 is 0 Å². The van der Waals surface area contributed by atoms with Gasteiger partial charge in [-0.05, 0) is 110 Å². The van der Waals surface area contributed by atoms with Crippen LogP contribution in [0.25, 0.3) is 0 Å². The van der Waals surface area contributed by atoms with Gasteiger partial charge in [-0.25, -0.2) is 25.4 Å². The number of quaternary nitrogens is 4. The molecule has 6 fully saturated rings. The first-order valence-electron chi connectivity index (χ1n) is 36.6. The third kappa shape index (κ3) is 20.0. The van der Waals surface area contributed by atoms with Crippen molar-refractivity contribution in [3.63, 3.8) is 0 Å². The second-order valence-corrected chi connectivity index (χ2v) is 38.6. The van der Waals surface area contributed by atoms with Crippen LogP contribution in [0, 0.1) is 0 Å². The lowest BCUT2D eigenvalue weighted by Crippen LogP contribution is -2.73. The second-order valence-electron chi connectivity index (χ2n) is 31.3. The van der Waals surface area contributed by atoms with Crippen molar-refractivity contribution in [3.8, 4) is 0 Å². The van der Waals surface area contributed by atoms with Crippen molar-refractivity contribution in [3.05, 3.63) is 143 Å². The predicted octanol–water partition coefficient (Wildman–Crippen LogP) is 5.39. The fraction of sp³-hybridized carbons (Fsp3) is 0.533. The lowest BCUT2D eigenvalue weighted by molar-refractivity contribution is -1.07. The number of amides is 4. The van der Waals surface area contributed by atoms with Crippen LogP contribution in [0.15, 0.2) is 131 Å². The third-order valence-corrected chi connectivity index (χ3v) is 28.3. The predicted molar refractivity (Wildman–Crippen MR) is 407 cm³/mol. The molecule has 6 saturated heterocycles. The van der Waals surface area contributed by atoms with Gasteiger partial charge in [0.25, 0.3) is 20.2 Å². The Bertz CT molecular complexity index is 4470. The van der Waals surface area contributed by atoms with Crippen molar-refractivity contribution in [2.45, 2.75) is 99.7 Å². The Balaban J connectivity index is 0.724. The number of rotatable bonds is 35. The fourth-order valence-electron chi connectivity index (χ4n) is 15.7. The molecule has 8 aliphatic rings. The monoisotopic (exact) mass is 1530 g/mol. The topological polar surface area (TPSA) is 306 Å². The zero-order chi connectivity index (χ0) is 76.0. The van der Waals surface area contributed by atoms with Crippen molar-refractivity contribution < 1.29 is 84.5 Å². The number of nitrogens with one attached hydrogen (secondary N) is 4. The van der Waals surface area contributed by atoms with E-state index in [4.69, 9.17) is 0 Å². The lowest BCUT2D eigenvalue weighted by Gasteiger charge is -2.54. The van der Waals surface area contributed by atoms with E-state index in [9.17, 15) is 62.0 Å². The van der Waals surface area contributed by atoms with Gasteiger partial charge in [-0.3, -0.25) is 28.3 Å². The summed E-state index contributed by atoms with van der Waals surface area (Å²) in [5.74, 6) is -2.64. The molecule has 4 aromatic rings. The van der Waals surface area contributed by atoms with Gasteiger partial charge >= 0.3 is 0 Å². The first kappa shape index (κ1) is 80.5. The average molecular weight is 1530 g/mol. The number of hydrogen-bond donors (Lipinski definition) is 6. The second kappa shape index (κ2) is 32.4.